The molecule has 2 aromatic carbocycles. The Labute approximate surface area is 178 Å². The number of halogens is 3. The van der Waals surface area contributed by atoms with Crippen molar-refractivity contribution in [1.29, 1.82) is 0 Å². The van der Waals surface area contributed by atoms with Gasteiger partial charge in [-0.15, -0.1) is 0 Å². The van der Waals surface area contributed by atoms with Crippen LogP contribution in [0, 0.1) is 0 Å². The van der Waals surface area contributed by atoms with Gasteiger partial charge in [-0.25, -0.2) is 8.42 Å². The number of nitrogens with zero attached hydrogens (tertiary/aromatic N) is 3. The van der Waals surface area contributed by atoms with Gasteiger partial charge in [-0.1, -0.05) is 10.5 Å². The Hall–Kier alpha value is -2.63. The van der Waals surface area contributed by atoms with Gasteiger partial charge in [0.15, 0.2) is 0 Å². The highest BCUT2D eigenvalue weighted by Gasteiger charge is 2.31. The molecular weight excluding hydrogens is 435 g/mol. The van der Waals surface area contributed by atoms with Crippen LogP contribution in [0.25, 0.3) is 0 Å². The van der Waals surface area contributed by atoms with Crippen molar-refractivity contribution in [3.63, 3.8) is 0 Å². The van der Waals surface area contributed by atoms with Gasteiger partial charge in [-0.3, -0.25) is 9.63 Å². The van der Waals surface area contributed by atoms with E-state index >= 15 is 0 Å². The molecular formula is C20H22F3N3O4S. The van der Waals surface area contributed by atoms with Crippen LogP contribution >= 0.6 is 0 Å². The zero-order valence-electron chi connectivity index (χ0n) is 17.0. The number of rotatable bonds is 5. The molecule has 1 fully saturated rings. The minimum atomic E-state index is -4.41. The van der Waals surface area contributed by atoms with E-state index in [-0.39, 0.29) is 10.8 Å². The average Bonchev–Trinajstić information content (AvgIpc) is 2.77. The molecule has 1 aliphatic rings. The van der Waals surface area contributed by atoms with Gasteiger partial charge in [-0.05, 0) is 42.5 Å². The number of hydroxylamine groups is 1. The SMILES string of the molecule is CON(C)S(=O)(=O)c1ccc(C(=O)N2CCN(c3cccc(C(F)(F)F)c3)CC2)cc1. The number of amides is 1. The van der Waals surface area contributed by atoms with E-state index in [1.54, 1.807) is 15.9 Å². The molecule has 0 aromatic heterocycles. The molecule has 2 aromatic rings. The summed E-state index contributed by atoms with van der Waals surface area (Å²) in [5.74, 6) is -0.271. The molecule has 7 nitrogen and oxygen atoms in total. The van der Waals surface area contributed by atoms with Gasteiger partial charge in [0.1, 0.15) is 0 Å². The summed E-state index contributed by atoms with van der Waals surface area (Å²) in [5.41, 5.74) is 0.0722. The Kier molecular flexibility index (Phi) is 6.58. The van der Waals surface area contributed by atoms with Crippen molar-refractivity contribution in [2.45, 2.75) is 11.1 Å². The second-order valence-electron chi connectivity index (χ2n) is 6.95. The lowest BCUT2D eigenvalue weighted by molar-refractivity contribution is -0.137. The van der Waals surface area contributed by atoms with Crippen LogP contribution in [-0.2, 0) is 21.0 Å². The molecule has 3 rings (SSSR count). The molecule has 31 heavy (non-hydrogen) atoms. The van der Waals surface area contributed by atoms with Crippen LogP contribution in [0.3, 0.4) is 0 Å². The molecule has 0 unspecified atom stereocenters. The topological polar surface area (TPSA) is 70.2 Å². The number of piperazine rings is 1. The molecule has 0 bridgehead atoms. The normalized spacial score (nSPS) is 15.4. The summed E-state index contributed by atoms with van der Waals surface area (Å²) in [6.07, 6.45) is -4.41. The van der Waals surface area contributed by atoms with Crippen molar-refractivity contribution < 1.29 is 31.2 Å². The first kappa shape index (κ1) is 23.0. The van der Waals surface area contributed by atoms with Gasteiger partial charge >= 0.3 is 6.18 Å². The van der Waals surface area contributed by atoms with E-state index in [0.717, 1.165) is 16.6 Å². The second kappa shape index (κ2) is 8.85. The fourth-order valence-corrected chi connectivity index (χ4v) is 4.22. The van der Waals surface area contributed by atoms with Gasteiger partial charge < -0.3 is 9.80 Å². The highest BCUT2D eigenvalue weighted by atomic mass is 32.2. The largest absolute Gasteiger partial charge is 0.416 e. The highest BCUT2D eigenvalue weighted by molar-refractivity contribution is 7.89. The van der Waals surface area contributed by atoms with Gasteiger partial charge in [0, 0.05) is 44.5 Å². The van der Waals surface area contributed by atoms with Crippen molar-refractivity contribution in [3.8, 4) is 0 Å². The molecule has 0 N–H and O–H groups in total. The number of alkyl halides is 3. The standard InChI is InChI=1S/C20H22F3N3O4S/c1-24(30-2)31(28,29)18-8-6-15(7-9-18)19(27)26-12-10-25(11-13-26)17-5-3-4-16(14-17)20(21,22)23/h3-9,14H,10-13H2,1-2H3. The second-order valence-corrected chi connectivity index (χ2v) is 8.88. The quantitative estimate of drug-likeness (QED) is 0.646. The number of sulfonamides is 1. The molecule has 0 radical (unpaired) electrons. The van der Waals surface area contributed by atoms with Crippen molar-refractivity contribution in [2.24, 2.45) is 0 Å². The number of hydrogen-bond acceptors (Lipinski definition) is 5. The third-order valence-corrected chi connectivity index (χ3v) is 6.79. The maximum atomic E-state index is 12.9. The minimum absolute atomic E-state index is 0.0113. The first-order valence-electron chi connectivity index (χ1n) is 9.38. The predicted octanol–water partition coefficient (Wildman–Crippen LogP) is 2.85. The van der Waals surface area contributed by atoms with Crippen LogP contribution in [0.5, 0.6) is 0 Å². The van der Waals surface area contributed by atoms with Crippen LogP contribution in [-0.4, -0.2) is 64.0 Å². The molecule has 0 saturated carbocycles. The van der Waals surface area contributed by atoms with Crippen molar-refractivity contribution in [2.75, 3.05) is 45.2 Å². The van der Waals surface area contributed by atoms with E-state index in [2.05, 4.69) is 0 Å². The Bertz CT molecular complexity index is 1030. The summed E-state index contributed by atoms with van der Waals surface area (Å²) in [6, 6.07) is 10.6. The van der Waals surface area contributed by atoms with Crippen LogP contribution in [0.1, 0.15) is 15.9 Å². The fraction of sp³-hybridized carbons (Fsp3) is 0.350. The van der Waals surface area contributed by atoms with Crippen LogP contribution in [0.15, 0.2) is 53.4 Å². The average molecular weight is 457 g/mol. The van der Waals surface area contributed by atoms with Gasteiger partial charge in [0.05, 0.1) is 17.6 Å². The Morgan fingerprint density at radius 1 is 1.03 bits per heavy atom. The van der Waals surface area contributed by atoms with Gasteiger partial charge in [0.2, 0.25) is 0 Å². The summed E-state index contributed by atoms with van der Waals surface area (Å²) in [6.45, 7) is 1.44. The fourth-order valence-electron chi connectivity index (χ4n) is 3.25. The third-order valence-electron chi connectivity index (χ3n) is 5.10. The van der Waals surface area contributed by atoms with Gasteiger partial charge in [-0.2, -0.15) is 13.2 Å². The molecule has 1 amide bonds. The lowest BCUT2D eigenvalue weighted by Gasteiger charge is -2.36. The summed E-state index contributed by atoms with van der Waals surface area (Å²) in [5, 5.41) is 0. The van der Waals surface area contributed by atoms with E-state index < -0.39 is 21.8 Å². The van der Waals surface area contributed by atoms with E-state index in [4.69, 9.17) is 4.84 Å². The lowest BCUT2D eigenvalue weighted by atomic mass is 10.1. The monoisotopic (exact) mass is 457 g/mol. The maximum absolute atomic E-state index is 12.9. The highest BCUT2D eigenvalue weighted by Crippen LogP contribution is 2.32. The molecule has 168 valence electrons. The van der Waals surface area contributed by atoms with Crippen LogP contribution < -0.4 is 4.90 Å². The number of hydrogen-bond donors (Lipinski definition) is 0. The molecule has 1 heterocycles. The summed E-state index contributed by atoms with van der Waals surface area (Å²) in [4.78, 5) is 20.9. The third kappa shape index (κ3) is 5.00. The molecule has 1 saturated heterocycles. The minimum Gasteiger partial charge on any atom is -0.368 e. The van der Waals surface area contributed by atoms with Crippen molar-refractivity contribution in [1.82, 2.24) is 9.37 Å². The molecule has 0 aliphatic carbocycles. The zero-order valence-corrected chi connectivity index (χ0v) is 17.8. The summed E-state index contributed by atoms with van der Waals surface area (Å²) in [7, 11) is -1.32. The molecule has 11 heteroatoms. The number of benzene rings is 2. The predicted molar refractivity (Wildman–Crippen MR) is 108 cm³/mol. The van der Waals surface area contributed by atoms with E-state index in [0.29, 0.717) is 37.4 Å². The number of anilines is 1. The van der Waals surface area contributed by atoms with E-state index in [1.165, 1.54) is 44.5 Å². The first-order chi connectivity index (χ1) is 14.5. The lowest BCUT2D eigenvalue weighted by Crippen LogP contribution is -2.48. The number of carbonyl (C=O) groups is 1. The molecule has 0 spiro atoms. The van der Waals surface area contributed by atoms with Crippen LogP contribution in [0.2, 0.25) is 0 Å². The van der Waals surface area contributed by atoms with Crippen LogP contribution in [0.4, 0.5) is 18.9 Å². The Morgan fingerprint density at radius 2 is 1.65 bits per heavy atom. The van der Waals surface area contributed by atoms with Gasteiger partial charge in [0.25, 0.3) is 15.9 Å². The first-order valence-corrected chi connectivity index (χ1v) is 10.8. The van der Waals surface area contributed by atoms with Crippen molar-refractivity contribution in [3.05, 3.63) is 59.7 Å². The maximum Gasteiger partial charge on any atom is 0.416 e. The molecule has 1 aliphatic heterocycles. The zero-order chi connectivity index (χ0) is 22.8. The number of carbonyl (C=O) groups excluding carboxylic acids is 1. The Morgan fingerprint density at radius 3 is 2.19 bits per heavy atom. The smallest absolute Gasteiger partial charge is 0.368 e. The van der Waals surface area contributed by atoms with Crippen molar-refractivity contribution >= 4 is 21.6 Å². The summed E-state index contributed by atoms with van der Waals surface area (Å²) >= 11 is 0. The summed E-state index contributed by atoms with van der Waals surface area (Å²) < 4.78 is 64.0. The van der Waals surface area contributed by atoms with E-state index in [9.17, 15) is 26.4 Å². The Balaban J connectivity index is 1.66. The van der Waals surface area contributed by atoms with E-state index in [1.807, 2.05) is 0 Å². The molecule has 0 atom stereocenters.